The first kappa shape index (κ1) is 17.6. The molecule has 2 unspecified atom stereocenters. The maximum absolute atomic E-state index is 13.7. The van der Waals surface area contributed by atoms with Crippen LogP contribution in [-0.2, 0) is 0 Å². The van der Waals surface area contributed by atoms with Crippen LogP contribution in [0.5, 0.6) is 0 Å². The van der Waals surface area contributed by atoms with Gasteiger partial charge in [-0.2, -0.15) is 0 Å². The van der Waals surface area contributed by atoms with E-state index in [0.29, 0.717) is 29.0 Å². The smallest absolute Gasteiger partial charge is 0.198 e. The van der Waals surface area contributed by atoms with Crippen molar-refractivity contribution in [3.8, 4) is 22.9 Å². The van der Waals surface area contributed by atoms with Crippen LogP contribution in [0.1, 0.15) is 34.9 Å². The molecular formula is C24H19FN4. The molecule has 5 rings (SSSR count). The van der Waals surface area contributed by atoms with Crippen LogP contribution in [0.3, 0.4) is 0 Å². The Labute approximate surface area is 168 Å². The third-order valence-corrected chi connectivity index (χ3v) is 5.43. The van der Waals surface area contributed by atoms with Gasteiger partial charge in [0.1, 0.15) is 5.82 Å². The highest BCUT2D eigenvalue weighted by molar-refractivity contribution is 5.66. The largest absolute Gasteiger partial charge is 0.234 e. The second kappa shape index (κ2) is 7.17. The summed E-state index contributed by atoms with van der Waals surface area (Å²) >= 11 is 0. The van der Waals surface area contributed by atoms with Gasteiger partial charge in [0.15, 0.2) is 11.6 Å². The summed E-state index contributed by atoms with van der Waals surface area (Å²) in [6.07, 6.45) is 6.29. The molecule has 5 heteroatoms. The normalized spacial score (nSPS) is 17.9. The summed E-state index contributed by atoms with van der Waals surface area (Å²) in [5.41, 5.74) is 4.92. The van der Waals surface area contributed by atoms with Gasteiger partial charge < -0.3 is 0 Å². The van der Waals surface area contributed by atoms with Crippen LogP contribution < -0.4 is 0 Å². The van der Waals surface area contributed by atoms with Crippen molar-refractivity contribution in [1.82, 2.24) is 19.9 Å². The van der Waals surface area contributed by atoms with Gasteiger partial charge in [0.05, 0.1) is 5.69 Å². The molecule has 4 aromatic rings. The van der Waals surface area contributed by atoms with Crippen LogP contribution in [0.4, 0.5) is 4.39 Å². The first-order chi connectivity index (χ1) is 14.2. The highest BCUT2D eigenvalue weighted by atomic mass is 19.1. The van der Waals surface area contributed by atoms with Gasteiger partial charge in [0, 0.05) is 29.7 Å². The number of nitrogens with zero attached hydrogens (tertiary/aromatic N) is 4. The zero-order chi connectivity index (χ0) is 19.8. The highest BCUT2D eigenvalue weighted by Gasteiger charge is 2.41. The lowest BCUT2D eigenvalue weighted by Gasteiger charge is -2.11. The van der Waals surface area contributed by atoms with Crippen molar-refractivity contribution in [2.75, 3.05) is 0 Å². The summed E-state index contributed by atoms with van der Waals surface area (Å²) in [4.78, 5) is 18.0. The number of rotatable bonds is 4. The van der Waals surface area contributed by atoms with Crippen LogP contribution in [0.25, 0.3) is 22.9 Å². The molecule has 0 spiro atoms. The van der Waals surface area contributed by atoms with E-state index in [1.165, 1.54) is 5.56 Å². The molecule has 4 nitrogen and oxygen atoms in total. The standard InChI is InChI=1S/C24H19FN4/c1-15-12-17(8-9-21(15)25)18-13-19(18)20-14-28-24(23-26-10-5-11-27-23)29-22(20)16-6-3-2-4-7-16/h2-12,14,18-19H,13H2,1H3. The van der Waals surface area contributed by atoms with Crippen LogP contribution in [0, 0.1) is 12.7 Å². The summed E-state index contributed by atoms with van der Waals surface area (Å²) in [6, 6.07) is 17.3. The number of benzene rings is 2. The molecule has 0 amide bonds. The fraction of sp³-hybridized carbons (Fsp3) is 0.167. The molecule has 29 heavy (non-hydrogen) atoms. The van der Waals surface area contributed by atoms with E-state index in [-0.39, 0.29) is 5.82 Å². The molecule has 1 aliphatic carbocycles. The number of aromatic nitrogens is 4. The maximum Gasteiger partial charge on any atom is 0.198 e. The van der Waals surface area contributed by atoms with Crippen molar-refractivity contribution in [3.05, 3.63) is 95.7 Å². The monoisotopic (exact) mass is 382 g/mol. The molecule has 0 bridgehead atoms. The highest BCUT2D eigenvalue weighted by Crippen LogP contribution is 2.56. The summed E-state index contributed by atoms with van der Waals surface area (Å²) in [6.45, 7) is 1.81. The molecule has 2 atom stereocenters. The van der Waals surface area contributed by atoms with E-state index in [0.717, 1.165) is 23.2 Å². The van der Waals surface area contributed by atoms with Crippen molar-refractivity contribution in [2.45, 2.75) is 25.2 Å². The second-order valence-corrected chi connectivity index (χ2v) is 7.39. The van der Waals surface area contributed by atoms with Crippen LogP contribution in [0.15, 0.2) is 73.2 Å². The van der Waals surface area contributed by atoms with Gasteiger partial charge in [-0.1, -0.05) is 42.5 Å². The fourth-order valence-electron chi connectivity index (χ4n) is 3.82. The van der Waals surface area contributed by atoms with Crippen molar-refractivity contribution in [3.63, 3.8) is 0 Å². The van der Waals surface area contributed by atoms with Crippen molar-refractivity contribution >= 4 is 0 Å². The van der Waals surface area contributed by atoms with E-state index in [2.05, 4.69) is 27.1 Å². The lowest BCUT2D eigenvalue weighted by atomic mass is 9.99. The molecule has 1 saturated carbocycles. The van der Waals surface area contributed by atoms with Crippen molar-refractivity contribution < 1.29 is 4.39 Å². The molecule has 2 aromatic heterocycles. The number of hydrogen-bond donors (Lipinski definition) is 0. The third-order valence-electron chi connectivity index (χ3n) is 5.43. The lowest BCUT2D eigenvalue weighted by molar-refractivity contribution is 0.617. The minimum absolute atomic E-state index is 0.161. The molecule has 0 radical (unpaired) electrons. The Morgan fingerprint density at radius 3 is 2.41 bits per heavy atom. The quantitative estimate of drug-likeness (QED) is 0.479. The minimum atomic E-state index is -0.161. The van der Waals surface area contributed by atoms with Gasteiger partial charge in [-0.05, 0) is 48.4 Å². The van der Waals surface area contributed by atoms with E-state index < -0.39 is 0 Å². The maximum atomic E-state index is 13.7. The molecule has 1 aliphatic rings. The number of hydrogen-bond acceptors (Lipinski definition) is 4. The first-order valence-corrected chi connectivity index (χ1v) is 9.66. The first-order valence-electron chi connectivity index (χ1n) is 9.66. The molecule has 0 saturated heterocycles. The minimum Gasteiger partial charge on any atom is -0.234 e. The zero-order valence-electron chi connectivity index (χ0n) is 16.0. The van der Waals surface area contributed by atoms with Crippen molar-refractivity contribution in [1.29, 1.82) is 0 Å². The van der Waals surface area contributed by atoms with E-state index in [1.807, 2.05) is 43.5 Å². The Kier molecular flexibility index (Phi) is 4.35. The Hall–Kier alpha value is -3.47. The van der Waals surface area contributed by atoms with E-state index in [1.54, 1.807) is 24.5 Å². The molecule has 142 valence electrons. The zero-order valence-corrected chi connectivity index (χ0v) is 16.0. The van der Waals surface area contributed by atoms with Crippen molar-refractivity contribution in [2.24, 2.45) is 0 Å². The molecular weight excluding hydrogens is 363 g/mol. The van der Waals surface area contributed by atoms with Gasteiger partial charge in [0.2, 0.25) is 0 Å². The van der Waals surface area contributed by atoms with Crippen LogP contribution in [0.2, 0.25) is 0 Å². The summed E-state index contributed by atoms with van der Waals surface area (Å²) in [5, 5.41) is 0. The van der Waals surface area contributed by atoms with E-state index >= 15 is 0 Å². The average Bonchev–Trinajstić information content (AvgIpc) is 3.57. The summed E-state index contributed by atoms with van der Waals surface area (Å²) in [7, 11) is 0. The van der Waals surface area contributed by atoms with Crippen LogP contribution in [-0.4, -0.2) is 19.9 Å². The van der Waals surface area contributed by atoms with Gasteiger partial charge in [-0.25, -0.2) is 24.3 Å². The topological polar surface area (TPSA) is 51.6 Å². The van der Waals surface area contributed by atoms with Gasteiger partial charge in [0.25, 0.3) is 0 Å². The predicted molar refractivity (Wildman–Crippen MR) is 110 cm³/mol. The SMILES string of the molecule is Cc1cc(C2CC2c2cnc(-c3ncccn3)nc2-c2ccccc2)ccc1F. The Balaban J connectivity index is 1.55. The molecule has 2 aromatic carbocycles. The molecule has 2 heterocycles. The number of halogens is 1. The van der Waals surface area contributed by atoms with Crippen LogP contribution >= 0.6 is 0 Å². The predicted octanol–water partition coefficient (Wildman–Crippen LogP) is 5.32. The Bertz CT molecular complexity index is 1160. The summed E-state index contributed by atoms with van der Waals surface area (Å²) < 4.78 is 13.7. The summed E-state index contributed by atoms with van der Waals surface area (Å²) in [5.74, 6) is 1.55. The van der Waals surface area contributed by atoms with Gasteiger partial charge in [-0.15, -0.1) is 0 Å². The fourth-order valence-corrected chi connectivity index (χ4v) is 3.82. The molecule has 0 aliphatic heterocycles. The molecule has 1 fully saturated rings. The Morgan fingerprint density at radius 1 is 0.862 bits per heavy atom. The van der Waals surface area contributed by atoms with Gasteiger partial charge in [-0.3, -0.25) is 0 Å². The van der Waals surface area contributed by atoms with Gasteiger partial charge >= 0.3 is 0 Å². The molecule has 0 N–H and O–H groups in total. The Morgan fingerprint density at radius 2 is 1.66 bits per heavy atom. The lowest BCUT2D eigenvalue weighted by Crippen LogP contribution is -2.00. The number of aryl methyl sites for hydroxylation is 1. The van der Waals surface area contributed by atoms with E-state index in [4.69, 9.17) is 4.98 Å². The third kappa shape index (κ3) is 3.40. The second-order valence-electron chi connectivity index (χ2n) is 7.39. The average molecular weight is 382 g/mol. The van der Waals surface area contributed by atoms with E-state index in [9.17, 15) is 4.39 Å².